The lowest BCUT2D eigenvalue weighted by Gasteiger charge is -2.43. The van der Waals surface area contributed by atoms with E-state index in [4.69, 9.17) is 32.7 Å². The van der Waals surface area contributed by atoms with Crippen LogP contribution < -0.4 is 19.2 Å². The van der Waals surface area contributed by atoms with Gasteiger partial charge in [0.1, 0.15) is 12.4 Å². The number of thioether (sulfide) groups is 1. The molecular formula is C33H25Cl2FN2O5S2. The molecule has 3 fully saturated rings. The number of hydrogen-bond acceptors (Lipinski definition) is 7. The van der Waals surface area contributed by atoms with E-state index in [2.05, 4.69) is 4.98 Å². The molecule has 3 aromatic carbocycles. The summed E-state index contributed by atoms with van der Waals surface area (Å²) >= 11 is 15.2. The number of halogens is 3. The highest BCUT2D eigenvalue weighted by Crippen LogP contribution is 2.68. The van der Waals surface area contributed by atoms with Gasteiger partial charge >= 0.3 is 4.87 Å². The minimum absolute atomic E-state index is 0.0227. The first kappa shape index (κ1) is 29.1. The van der Waals surface area contributed by atoms with Crippen LogP contribution in [0.25, 0.3) is 0 Å². The van der Waals surface area contributed by atoms with E-state index in [1.54, 1.807) is 31.0 Å². The third-order valence-corrected chi connectivity index (χ3v) is 12.9. The number of aromatic nitrogens is 1. The van der Waals surface area contributed by atoms with E-state index >= 15 is 0 Å². The molecule has 12 heteroatoms. The molecule has 8 rings (SSSR count). The van der Waals surface area contributed by atoms with E-state index in [9.17, 15) is 18.8 Å². The highest BCUT2D eigenvalue weighted by molar-refractivity contribution is 8.00. The lowest BCUT2D eigenvalue weighted by atomic mass is 9.68. The van der Waals surface area contributed by atoms with E-state index < -0.39 is 17.7 Å². The molecule has 7 nitrogen and oxygen atoms in total. The van der Waals surface area contributed by atoms with Gasteiger partial charge < -0.3 is 14.5 Å². The number of methoxy groups -OCH3 is 1. The minimum atomic E-state index is -0.456. The number of nitrogens with zero attached hydrogens (tertiary/aromatic N) is 1. The normalized spacial score (nSPS) is 27.8. The van der Waals surface area contributed by atoms with E-state index in [0.717, 1.165) is 27.5 Å². The maximum atomic E-state index is 13.9. The Morgan fingerprint density at radius 1 is 0.956 bits per heavy atom. The Hall–Kier alpha value is -3.31. The first-order valence-electron chi connectivity index (χ1n) is 14.5. The van der Waals surface area contributed by atoms with Crippen LogP contribution in [0, 0.1) is 35.4 Å². The molecule has 2 amide bonds. The third-order valence-electron chi connectivity index (χ3n) is 9.75. The minimum Gasteiger partial charge on any atom is -0.493 e. The zero-order valence-corrected chi connectivity index (χ0v) is 26.8. The molecule has 0 spiro atoms. The van der Waals surface area contributed by atoms with Gasteiger partial charge in [0.2, 0.25) is 11.8 Å². The van der Waals surface area contributed by atoms with Crippen molar-refractivity contribution in [3.8, 4) is 11.5 Å². The van der Waals surface area contributed by atoms with Gasteiger partial charge in [0, 0.05) is 31.7 Å². The van der Waals surface area contributed by atoms with E-state index in [-0.39, 0.29) is 52.2 Å². The Labute approximate surface area is 275 Å². The maximum absolute atomic E-state index is 13.9. The van der Waals surface area contributed by atoms with Crippen LogP contribution in [0.5, 0.6) is 11.5 Å². The zero-order valence-electron chi connectivity index (χ0n) is 23.7. The number of anilines is 1. The number of rotatable bonds is 6. The van der Waals surface area contributed by atoms with Crippen molar-refractivity contribution < 1.29 is 23.5 Å². The highest BCUT2D eigenvalue weighted by Gasteiger charge is 2.69. The van der Waals surface area contributed by atoms with Crippen LogP contribution in [0.1, 0.15) is 28.3 Å². The summed E-state index contributed by atoms with van der Waals surface area (Å²) in [4.78, 5) is 45.4. The van der Waals surface area contributed by atoms with Gasteiger partial charge in [-0.3, -0.25) is 19.3 Å². The molecule has 230 valence electrons. The number of amides is 2. The summed E-state index contributed by atoms with van der Waals surface area (Å²) < 4.78 is 25.5. The SMILES string of the molecule is COc1cc([C@H]2c3sc(=O)[nH]c3SC3C4CC(C5C(=O)N(c6ccc(F)cc6)C(=O)C45)C32)ccc1OCc1ccc(Cl)cc1Cl. The van der Waals surface area contributed by atoms with Gasteiger partial charge in [0.25, 0.3) is 0 Å². The van der Waals surface area contributed by atoms with Gasteiger partial charge in [-0.2, -0.15) is 0 Å². The fourth-order valence-electron chi connectivity index (χ4n) is 8.03. The molecule has 1 aromatic heterocycles. The number of carbonyl (C=O) groups excluding carboxylic acids is 2. The van der Waals surface area contributed by atoms with E-state index in [1.807, 2.05) is 24.3 Å². The van der Waals surface area contributed by atoms with Crippen LogP contribution in [0.4, 0.5) is 10.1 Å². The van der Waals surface area contributed by atoms with Crippen LogP contribution in [0.3, 0.4) is 0 Å². The largest absolute Gasteiger partial charge is 0.493 e. The van der Waals surface area contributed by atoms with Crippen molar-refractivity contribution in [2.75, 3.05) is 12.0 Å². The van der Waals surface area contributed by atoms with Crippen LogP contribution in [-0.2, 0) is 16.2 Å². The number of H-pyrrole nitrogens is 1. The number of ether oxygens (including phenoxy) is 2. The quantitative estimate of drug-likeness (QED) is 0.217. The fraction of sp³-hybridized carbons (Fsp3) is 0.303. The van der Waals surface area contributed by atoms with Crippen molar-refractivity contribution in [2.24, 2.45) is 29.6 Å². The molecular weight excluding hydrogens is 658 g/mol. The van der Waals surface area contributed by atoms with Crippen molar-refractivity contribution in [3.63, 3.8) is 0 Å². The Balaban J connectivity index is 1.14. The maximum Gasteiger partial charge on any atom is 0.305 e. The summed E-state index contributed by atoms with van der Waals surface area (Å²) in [5.74, 6) is -0.908. The monoisotopic (exact) mass is 682 g/mol. The van der Waals surface area contributed by atoms with Gasteiger partial charge in [-0.1, -0.05) is 46.7 Å². The second kappa shape index (κ2) is 10.9. The van der Waals surface area contributed by atoms with Crippen molar-refractivity contribution in [1.29, 1.82) is 0 Å². The number of carbonyl (C=O) groups is 2. The van der Waals surface area contributed by atoms with Crippen LogP contribution in [-0.4, -0.2) is 29.2 Å². The van der Waals surface area contributed by atoms with Crippen molar-refractivity contribution in [1.82, 2.24) is 4.98 Å². The topological polar surface area (TPSA) is 88.7 Å². The second-order valence-corrected chi connectivity index (χ2v) is 14.9. The molecule has 1 saturated heterocycles. The number of thiazole rings is 1. The predicted octanol–water partition coefficient (Wildman–Crippen LogP) is 7.15. The molecule has 2 aliphatic heterocycles. The zero-order chi connectivity index (χ0) is 31.1. The molecule has 1 N–H and O–H groups in total. The van der Waals surface area contributed by atoms with Gasteiger partial charge in [0.15, 0.2) is 11.5 Å². The van der Waals surface area contributed by atoms with Crippen molar-refractivity contribution >= 4 is 63.8 Å². The standard InChI is InChI=1S/C33H25Cl2FN2O5S2/c1-42-23-10-14(3-9-22(23)43-13-15-2-4-16(34)11-21(15)35)24-25-19-12-20(28(25)44-30-29(24)45-33(41)37-30)27-26(19)31(39)38(32(27)40)18-7-5-17(36)6-8-18/h2-11,19-20,24-28H,12-13H2,1H3,(H,37,41)/t19?,20?,24-,25?,26?,27?,28?/m1/s1. The molecule has 3 heterocycles. The smallest absolute Gasteiger partial charge is 0.305 e. The van der Waals surface area contributed by atoms with Gasteiger partial charge in [-0.15, -0.1) is 11.8 Å². The molecule has 0 radical (unpaired) electrons. The second-order valence-electron chi connectivity index (χ2n) is 11.9. The van der Waals surface area contributed by atoms with Crippen LogP contribution >= 0.6 is 46.3 Å². The molecule has 2 aliphatic carbocycles. The summed E-state index contributed by atoms with van der Waals surface area (Å²) in [5, 5.41) is 1.91. The fourth-order valence-corrected chi connectivity index (χ4v) is 11.4. The Morgan fingerprint density at radius 2 is 1.71 bits per heavy atom. The molecule has 2 saturated carbocycles. The first-order chi connectivity index (χ1) is 21.7. The number of nitrogens with one attached hydrogen (secondary N) is 1. The Bertz CT molecular complexity index is 1930. The lowest BCUT2D eigenvalue weighted by molar-refractivity contribution is -0.123. The molecule has 2 bridgehead atoms. The lowest BCUT2D eigenvalue weighted by Crippen LogP contribution is -2.42. The van der Waals surface area contributed by atoms with Crippen LogP contribution in [0.15, 0.2) is 70.5 Å². The predicted molar refractivity (Wildman–Crippen MR) is 171 cm³/mol. The van der Waals surface area contributed by atoms with Crippen LogP contribution in [0.2, 0.25) is 10.0 Å². The average molecular weight is 684 g/mol. The van der Waals surface area contributed by atoms with Crippen molar-refractivity contribution in [3.05, 3.63) is 102 Å². The molecule has 7 atom stereocenters. The summed E-state index contributed by atoms with van der Waals surface area (Å²) in [6, 6.07) is 16.5. The third kappa shape index (κ3) is 4.55. The van der Waals surface area contributed by atoms with Crippen molar-refractivity contribution in [2.45, 2.75) is 29.2 Å². The number of aromatic amines is 1. The molecule has 4 aromatic rings. The summed E-state index contributed by atoms with van der Waals surface area (Å²) in [5.41, 5.74) is 2.13. The number of fused-ring (bicyclic) bond motifs is 9. The molecule has 4 aliphatic rings. The molecule has 6 unspecified atom stereocenters. The number of hydrogen-bond donors (Lipinski definition) is 1. The molecule has 45 heavy (non-hydrogen) atoms. The number of benzene rings is 3. The number of imide groups is 1. The summed E-state index contributed by atoms with van der Waals surface area (Å²) in [6.07, 6.45) is 0.766. The average Bonchev–Trinajstić information content (AvgIpc) is 3.76. The van der Waals surface area contributed by atoms with E-state index in [1.165, 1.54) is 40.5 Å². The summed E-state index contributed by atoms with van der Waals surface area (Å²) in [6.45, 7) is 0.216. The Kier molecular flexibility index (Phi) is 7.05. The highest BCUT2D eigenvalue weighted by atomic mass is 35.5. The first-order valence-corrected chi connectivity index (χ1v) is 17.0. The van der Waals surface area contributed by atoms with Gasteiger partial charge in [0.05, 0.1) is 29.7 Å². The van der Waals surface area contributed by atoms with Gasteiger partial charge in [-0.25, -0.2) is 4.39 Å². The van der Waals surface area contributed by atoms with E-state index in [0.29, 0.717) is 27.2 Å². The van der Waals surface area contributed by atoms with Gasteiger partial charge in [-0.05, 0) is 78.3 Å². The Morgan fingerprint density at radius 3 is 2.44 bits per heavy atom. The summed E-state index contributed by atoms with van der Waals surface area (Å²) in [7, 11) is 1.58.